The van der Waals surface area contributed by atoms with E-state index in [1.54, 1.807) is 12.1 Å². The van der Waals surface area contributed by atoms with Gasteiger partial charge in [0.15, 0.2) is 9.84 Å². The first-order chi connectivity index (χ1) is 9.36. The maximum absolute atomic E-state index is 11.5. The van der Waals surface area contributed by atoms with E-state index >= 15 is 0 Å². The minimum atomic E-state index is -3.35. The standard InChI is InChI=1S/C13H21N3O3S/c1-3-8-16-12(17)7-9-15-10-5-4-6-11(13(10)14)20(2,18)19/h4-6,15H,3,7-9,14H2,1-2H3,(H,16,17). The molecule has 7 heteroatoms. The topological polar surface area (TPSA) is 101 Å². The number of hydrogen-bond acceptors (Lipinski definition) is 5. The molecule has 0 radical (unpaired) electrons. The van der Waals surface area contributed by atoms with Crippen molar-refractivity contribution in [1.82, 2.24) is 5.32 Å². The third kappa shape index (κ3) is 4.73. The second-order valence-electron chi connectivity index (χ2n) is 4.52. The number of nitrogen functional groups attached to an aromatic ring is 1. The zero-order chi connectivity index (χ0) is 15.2. The summed E-state index contributed by atoms with van der Waals surface area (Å²) in [4.78, 5) is 11.5. The van der Waals surface area contributed by atoms with E-state index in [2.05, 4.69) is 10.6 Å². The van der Waals surface area contributed by atoms with Crippen molar-refractivity contribution in [3.63, 3.8) is 0 Å². The Kier molecular flexibility index (Phi) is 5.82. The van der Waals surface area contributed by atoms with Gasteiger partial charge in [0.1, 0.15) is 0 Å². The van der Waals surface area contributed by atoms with Crippen LogP contribution in [0.5, 0.6) is 0 Å². The minimum absolute atomic E-state index is 0.0443. The molecule has 0 unspecified atom stereocenters. The second-order valence-corrected chi connectivity index (χ2v) is 6.50. The van der Waals surface area contributed by atoms with Crippen molar-refractivity contribution in [3.8, 4) is 0 Å². The Hall–Kier alpha value is -1.76. The lowest BCUT2D eigenvalue weighted by atomic mass is 10.2. The second kappa shape index (κ2) is 7.14. The van der Waals surface area contributed by atoms with E-state index in [9.17, 15) is 13.2 Å². The molecule has 0 aliphatic rings. The summed E-state index contributed by atoms with van der Waals surface area (Å²) >= 11 is 0. The summed E-state index contributed by atoms with van der Waals surface area (Å²) < 4.78 is 23.1. The van der Waals surface area contributed by atoms with E-state index in [1.807, 2.05) is 6.92 Å². The zero-order valence-corrected chi connectivity index (χ0v) is 12.6. The average Bonchev–Trinajstić information content (AvgIpc) is 2.37. The highest BCUT2D eigenvalue weighted by Gasteiger charge is 2.13. The molecule has 0 aromatic heterocycles. The third-order valence-corrected chi connectivity index (χ3v) is 3.86. The first-order valence-corrected chi connectivity index (χ1v) is 8.34. The van der Waals surface area contributed by atoms with E-state index in [1.165, 1.54) is 6.07 Å². The Morgan fingerprint density at radius 2 is 2.00 bits per heavy atom. The van der Waals surface area contributed by atoms with Gasteiger partial charge >= 0.3 is 0 Å². The van der Waals surface area contributed by atoms with E-state index in [0.29, 0.717) is 25.2 Å². The van der Waals surface area contributed by atoms with Gasteiger partial charge in [-0.05, 0) is 18.6 Å². The molecule has 0 fully saturated rings. The number of carbonyl (C=O) groups excluding carboxylic acids is 1. The molecule has 0 spiro atoms. The molecule has 0 bridgehead atoms. The highest BCUT2D eigenvalue weighted by atomic mass is 32.2. The lowest BCUT2D eigenvalue weighted by molar-refractivity contribution is -0.120. The maximum Gasteiger partial charge on any atom is 0.221 e. The lowest BCUT2D eigenvalue weighted by Gasteiger charge is -2.12. The van der Waals surface area contributed by atoms with E-state index in [0.717, 1.165) is 12.7 Å². The van der Waals surface area contributed by atoms with Gasteiger partial charge < -0.3 is 16.4 Å². The van der Waals surface area contributed by atoms with Crippen LogP contribution in [0, 0.1) is 0 Å². The van der Waals surface area contributed by atoms with Gasteiger partial charge in [-0.2, -0.15) is 0 Å². The Morgan fingerprint density at radius 3 is 2.60 bits per heavy atom. The molecule has 1 aromatic rings. The van der Waals surface area contributed by atoms with Crippen LogP contribution in [0.2, 0.25) is 0 Å². The largest absolute Gasteiger partial charge is 0.396 e. The van der Waals surface area contributed by atoms with Crippen LogP contribution in [0.1, 0.15) is 19.8 Å². The van der Waals surface area contributed by atoms with E-state index in [4.69, 9.17) is 5.73 Å². The summed E-state index contributed by atoms with van der Waals surface area (Å²) in [5.41, 5.74) is 6.53. The molecule has 0 saturated heterocycles. The first kappa shape index (κ1) is 16.3. The smallest absolute Gasteiger partial charge is 0.221 e. The van der Waals surface area contributed by atoms with Gasteiger partial charge in [0.2, 0.25) is 5.91 Å². The number of nitrogens with one attached hydrogen (secondary N) is 2. The number of nitrogens with two attached hydrogens (primary N) is 1. The van der Waals surface area contributed by atoms with Gasteiger partial charge in [-0.25, -0.2) is 8.42 Å². The van der Waals surface area contributed by atoms with Crippen molar-refractivity contribution in [1.29, 1.82) is 0 Å². The molecule has 0 aliphatic carbocycles. The van der Waals surface area contributed by atoms with Crippen molar-refractivity contribution >= 4 is 27.1 Å². The molecule has 1 amide bonds. The highest BCUT2D eigenvalue weighted by Crippen LogP contribution is 2.26. The molecule has 1 aromatic carbocycles. The molecule has 4 N–H and O–H groups in total. The van der Waals surface area contributed by atoms with Crippen molar-refractivity contribution in [3.05, 3.63) is 18.2 Å². The first-order valence-electron chi connectivity index (χ1n) is 6.45. The molecule has 0 atom stereocenters. The molecule has 1 rings (SSSR count). The van der Waals surface area contributed by atoms with Gasteiger partial charge in [-0.1, -0.05) is 13.0 Å². The van der Waals surface area contributed by atoms with Crippen LogP contribution >= 0.6 is 0 Å². The van der Waals surface area contributed by atoms with Crippen LogP contribution in [0.4, 0.5) is 11.4 Å². The predicted molar refractivity (Wildman–Crippen MR) is 80.4 cm³/mol. The van der Waals surface area contributed by atoms with Crippen LogP contribution in [-0.2, 0) is 14.6 Å². The molecule has 112 valence electrons. The molecular formula is C13H21N3O3S. The number of carbonyl (C=O) groups is 1. The van der Waals surface area contributed by atoms with Crippen LogP contribution in [0.15, 0.2) is 23.1 Å². The van der Waals surface area contributed by atoms with Crippen LogP contribution in [0.25, 0.3) is 0 Å². The molecule has 0 heterocycles. The van der Waals surface area contributed by atoms with Gasteiger partial charge in [0.05, 0.1) is 16.3 Å². The molecule has 20 heavy (non-hydrogen) atoms. The highest BCUT2D eigenvalue weighted by molar-refractivity contribution is 7.90. The number of para-hydroxylation sites is 1. The Balaban J connectivity index is 2.64. The van der Waals surface area contributed by atoms with E-state index in [-0.39, 0.29) is 16.5 Å². The summed E-state index contributed by atoms with van der Waals surface area (Å²) in [7, 11) is -3.35. The monoisotopic (exact) mass is 299 g/mol. The van der Waals surface area contributed by atoms with Gasteiger partial charge in [-0.15, -0.1) is 0 Å². The fraction of sp³-hybridized carbons (Fsp3) is 0.462. The maximum atomic E-state index is 11.5. The number of benzene rings is 1. The summed E-state index contributed by atoms with van der Waals surface area (Å²) in [5, 5.41) is 5.75. The Morgan fingerprint density at radius 1 is 1.30 bits per heavy atom. The van der Waals surface area contributed by atoms with Crippen LogP contribution < -0.4 is 16.4 Å². The number of hydrogen-bond donors (Lipinski definition) is 3. The zero-order valence-electron chi connectivity index (χ0n) is 11.8. The Labute approximate surface area is 119 Å². The third-order valence-electron chi connectivity index (χ3n) is 2.71. The average molecular weight is 299 g/mol. The number of sulfone groups is 1. The van der Waals surface area contributed by atoms with Crippen LogP contribution in [-0.4, -0.2) is 33.7 Å². The van der Waals surface area contributed by atoms with Crippen LogP contribution in [0.3, 0.4) is 0 Å². The molecular weight excluding hydrogens is 278 g/mol. The summed E-state index contributed by atoms with van der Waals surface area (Å²) in [6.45, 7) is 3.04. The fourth-order valence-electron chi connectivity index (χ4n) is 1.69. The quantitative estimate of drug-likeness (QED) is 0.652. The van der Waals surface area contributed by atoms with Gasteiger partial charge in [0, 0.05) is 25.8 Å². The summed E-state index contributed by atoms with van der Waals surface area (Å²) in [6.07, 6.45) is 2.31. The number of rotatable bonds is 7. The number of amides is 1. The molecule has 0 saturated carbocycles. The summed E-state index contributed by atoms with van der Waals surface area (Å²) in [6, 6.07) is 4.77. The molecule has 0 aliphatic heterocycles. The predicted octanol–water partition coefficient (Wildman–Crippen LogP) is 1.00. The SMILES string of the molecule is CCCNC(=O)CCNc1cccc(S(C)(=O)=O)c1N. The number of anilines is 2. The van der Waals surface area contributed by atoms with Crippen molar-refractivity contribution in [2.24, 2.45) is 0 Å². The van der Waals surface area contributed by atoms with Gasteiger partial charge in [-0.3, -0.25) is 4.79 Å². The normalized spacial score (nSPS) is 11.1. The summed E-state index contributed by atoms with van der Waals surface area (Å²) in [5.74, 6) is -0.0443. The van der Waals surface area contributed by atoms with E-state index < -0.39 is 9.84 Å². The van der Waals surface area contributed by atoms with Crippen molar-refractivity contribution < 1.29 is 13.2 Å². The Bertz CT molecular complexity index is 570. The lowest BCUT2D eigenvalue weighted by Crippen LogP contribution is -2.26. The minimum Gasteiger partial charge on any atom is -0.396 e. The van der Waals surface area contributed by atoms with Gasteiger partial charge in [0.25, 0.3) is 0 Å². The van der Waals surface area contributed by atoms with Crippen molar-refractivity contribution in [2.75, 3.05) is 30.4 Å². The molecule has 6 nitrogen and oxygen atoms in total. The fourth-order valence-corrected chi connectivity index (χ4v) is 2.52. The van der Waals surface area contributed by atoms with Crippen molar-refractivity contribution in [2.45, 2.75) is 24.7 Å².